The topological polar surface area (TPSA) is 54.5 Å². The number of hydrogen-bond donors (Lipinski definition) is 1. The molecular formula is C17H18N4. The number of benzene rings is 1. The molecule has 2 heterocycles. The molecule has 3 aromatic rings. The second-order valence-electron chi connectivity index (χ2n) is 5.39. The predicted molar refractivity (Wildman–Crippen MR) is 83.1 cm³/mol. The first-order valence-corrected chi connectivity index (χ1v) is 7.01. The molecule has 0 radical (unpaired) electrons. The first kappa shape index (κ1) is 13.5. The Bertz CT molecular complexity index is 760. The van der Waals surface area contributed by atoms with Crippen molar-refractivity contribution in [1.29, 1.82) is 0 Å². The van der Waals surface area contributed by atoms with Crippen LogP contribution in [0.25, 0.3) is 11.3 Å². The molecule has 0 aliphatic rings. The number of H-pyrrole nitrogens is 1. The Balaban J connectivity index is 1.93. The van der Waals surface area contributed by atoms with Crippen LogP contribution in [0.4, 0.5) is 0 Å². The van der Waals surface area contributed by atoms with Crippen molar-refractivity contribution in [2.75, 3.05) is 0 Å². The third kappa shape index (κ3) is 2.99. The van der Waals surface area contributed by atoms with Gasteiger partial charge >= 0.3 is 0 Å². The van der Waals surface area contributed by atoms with Gasteiger partial charge in [0, 0.05) is 23.9 Å². The summed E-state index contributed by atoms with van der Waals surface area (Å²) in [5.41, 5.74) is 6.72. The van der Waals surface area contributed by atoms with Crippen molar-refractivity contribution in [3.05, 3.63) is 64.9 Å². The smallest absolute Gasteiger partial charge is 0.133 e. The lowest BCUT2D eigenvalue weighted by Crippen LogP contribution is -2.00. The number of nitrogens with zero attached hydrogens (tertiary/aromatic N) is 3. The van der Waals surface area contributed by atoms with E-state index in [4.69, 9.17) is 0 Å². The van der Waals surface area contributed by atoms with E-state index in [9.17, 15) is 0 Å². The third-order valence-corrected chi connectivity index (χ3v) is 3.63. The van der Waals surface area contributed by atoms with E-state index in [1.165, 1.54) is 16.7 Å². The summed E-state index contributed by atoms with van der Waals surface area (Å²) in [6, 6.07) is 8.48. The molecule has 106 valence electrons. The second kappa shape index (κ2) is 5.48. The maximum atomic E-state index is 4.65. The van der Waals surface area contributed by atoms with Crippen LogP contribution in [0.2, 0.25) is 0 Å². The molecule has 4 nitrogen and oxygen atoms in total. The van der Waals surface area contributed by atoms with Gasteiger partial charge in [-0.15, -0.1) is 0 Å². The summed E-state index contributed by atoms with van der Waals surface area (Å²) < 4.78 is 0. The summed E-state index contributed by atoms with van der Waals surface area (Å²) >= 11 is 0. The van der Waals surface area contributed by atoms with Crippen LogP contribution >= 0.6 is 0 Å². The summed E-state index contributed by atoms with van der Waals surface area (Å²) in [6.45, 7) is 6.25. The van der Waals surface area contributed by atoms with E-state index >= 15 is 0 Å². The average molecular weight is 278 g/mol. The van der Waals surface area contributed by atoms with E-state index in [1.807, 2.05) is 19.2 Å². The molecule has 0 aliphatic carbocycles. The van der Waals surface area contributed by atoms with Crippen molar-refractivity contribution in [3.63, 3.8) is 0 Å². The highest BCUT2D eigenvalue weighted by Crippen LogP contribution is 2.18. The third-order valence-electron chi connectivity index (χ3n) is 3.63. The zero-order valence-corrected chi connectivity index (χ0v) is 12.5. The fourth-order valence-electron chi connectivity index (χ4n) is 2.34. The number of rotatable bonds is 3. The number of hydrogen-bond acceptors (Lipinski definition) is 3. The predicted octanol–water partition coefficient (Wildman–Crippen LogP) is 3.38. The zero-order chi connectivity index (χ0) is 14.8. The van der Waals surface area contributed by atoms with Gasteiger partial charge < -0.3 is 0 Å². The second-order valence-corrected chi connectivity index (χ2v) is 5.39. The van der Waals surface area contributed by atoms with Crippen molar-refractivity contribution in [2.24, 2.45) is 0 Å². The molecule has 0 amide bonds. The molecule has 0 saturated heterocycles. The van der Waals surface area contributed by atoms with Gasteiger partial charge in [-0.25, -0.2) is 9.97 Å². The minimum absolute atomic E-state index is 0.744. The van der Waals surface area contributed by atoms with Crippen LogP contribution in [0.1, 0.15) is 28.2 Å². The van der Waals surface area contributed by atoms with Gasteiger partial charge in [0.25, 0.3) is 0 Å². The van der Waals surface area contributed by atoms with E-state index < -0.39 is 0 Å². The summed E-state index contributed by atoms with van der Waals surface area (Å²) in [7, 11) is 0. The Hall–Kier alpha value is -2.49. The highest BCUT2D eigenvalue weighted by molar-refractivity contribution is 5.57. The molecule has 2 aromatic heterocycles. The molecule has 0 aliphatic heterocycles. The van der Waals surface area contributed by atoms with Crippen molar-refractivity contribution >= 4 is 0 Å². The van der Waals surface area contributed by atoms with Gasteiger partial charge in [-0.3, -0.25) is 5.10 Å². The SMILES string of the molecule is Cc1cc(-c2cn[nH]c2)nc(Cc2ccc(C)c(C)c2)n1. The molecule has 0 fully saturated rings. The molecule has 1 N–H and O–H groups in total. The molecule has 4 heteroatoms. The van der Waals surface area contributed by atoms with Gasteiger partial charge in [-0.05, 0) is 43.5 Å². The minimum Gasteiger partial charge on any atom is -0.285 e. The highest BCUT2D eigenvalue weighted by Gasteiger charge is 2.07. The van der Waals surface area contributed by atoms with E-state index in [-0.39, 0.29) is 0 Å². The first-order chi connectivity index (χ1) is 10.1. The minimum atomic E-state index is 0.744. The van der Waals surface area contributed by atoms with Gasteiger partial charge in [0.05, 0.1) is 11.9 Å². The van der Waals surface area contributed by atoms with Gasteiger partial charge in [-0.2, -0.15) is 5.10 Å². The van der Waals surface area contributed by atoms with E-state index in [1.54, 1.807) is 6.20 Å². The molecule has 0 saturated carbocycles. The van der Waals surface area contributed by atoms with Gasteiger partial charge in [0.1, 0.15) is 5.82 Å². The first-order valence-electron chi connectivity index (χ1n) is 7.01. The van der Waals surface area contributed by atoms with E-state index in [0.29, 0.717) is 0 Å². The molecule has 21 heavy (non-hydrogen) atoms. The summed E-state index contributed by atoms with van der Waals surface area (Å²) in [6.07, 6.45) is 4.37. The van der Waals surface area contributed by atoms with Crippen LogP contribution in [0, 0.1) is 20.8 Å². The molecule has 3 rings (SSSR count). The van der Waals surface area contributed by atoms with Crippen LogP contribution in [-0.2, 0) is 6.42 Å². The van der Waals surface area contributed by atoms with E-state index in [2.05, 4.69) is 52.2 Å². The van der Waals surface area contributed by atoms with Gasteiger partial charge in [-0.1, -0.05) is 18.2 Å². The quantitative estimate of drug-likeness (QED) is 0.799. The lowest BCUT2D eigenvalue weighted by molar-refractivity contribution is 0.945. The van der Waals surface area contributed by atoms with E-state index in [0.717, 1.165) is 29.2 Å². The Morgan fingerprint density at radius 2 is 1.86 bits per heavy atom. The summed E-state index contributed by atoms with van der Waals surface area (Å²) in [5, 5.41) is 6.80. The molecule has 0 atom stereocenters. The maximum absolute atomic E-state index is 4.65. The van der Waals surface area contributed by atoms with Crippen LogP contribution in [-0.4, -0.2) is 20.2 Å². The normalized spacial score (nSPS) is 10.8. The van der Waals surface area contributed by atoms with Gasteiger partial charge in [0.2, 0.25) is 0 Å². The monoisotopic (exact) mass is 278 g/mol. The van der Waals surface area contributed by atoms with Crippen molar-refractivity contribution in [1.82, 2.24) is 20.2 Å². The number of nitrogens with one attached hydrogen (secondary N) is 1. The lowest BCUT2D eigenvalue weighted by Gasteiger charge is -2.07. The maximum Gasteiger partial charge on any atom is 0.133 e. The molecule has 0 spiro atoms. The van der Waals surface area contributed by atoms with Crippen LogP contribution in [0.15, 0.2) is 36.7 Å². The summed E-state index contributed by atoms with van der Waals surface area (Å²) in [4.78, 5) is 9.20. The largest absolute Gasteiger partial charge is 0.285 e. The Morgan fingerprint density at radius 1 is 1.00 bits per heavy atom. The molecule has 1 aromatic carbocycles. The number of aromatic amines is 1. The molecule has 0 unspecified atom stereocenters. The fraction of sp³-hybridized carbons (Fsp3) is 0.235. The van der Waals surface area contributed by atoms with Crippen LogP contribution in [0.5, 0.6) is 0 Å². The fourth-order valence-corrected chi connectivity index (χ4v) is 2.34. The van der Waals surface area contributed by atoms with Crippen molar-refractivity contribution in [2.45, 2.75) is 27.2 Å². The van der Waals surface area contributed by atoms with Gasteiger partial charge in [0.15, 0.2) is 0 Å². The Labute approximate surface area is 124 Å². The average Bonchev–Trinajstić information content (AvgIpc) is 2.96. The van der Waals surface area contributed by atoms with Crippen LogP contribution in [0.3, 0.4) is 0 Å². The highest BCUT2D eigenvalue weighted by atomic mass is 15.1. The zero-order valence-electron chi connectivity index (χ0n) is 12.5. The standard InChI is InChI=1S/C17H18N4/c1-11-4-5-14(6-12(11)2)8-17-20-13(3)7-16(21-17)15-9-18-19-10-15/h4-7,9-10H,8H2,1-3H3,(H,18,19). The Kier molecular flexibility index (Phi) is 3.52. The van der Waals surface area contributed by atoms with Crippen molar-refractivity contribution < 1.29 is 0 Å². The molecular weight excluding hydrogens is 260 g/mol. The Morgan fingerprint density at radius 3 is 2.57 bits per heavy atom. The molecule has 0 bridgehead atoms. The lowest BCUT2D eigenvalue weighted by atomic mass is 10.0. The number of aryl methyl sites for hydroxylation is 3. The summed E-state index contributed by atoms with van der Waals surface area (Å²) in [5.74, 6) is 0.842. The van der Waals surface area contributed by atoms with Crippen molar-refractivity contribution in [3.8, 4) is 11.3 Å². The number of aromatic nitrogens is 4. The van der Waals surface area contributed by atoms with Crippen LogP contribution < -0.4 is 0 Å².